The first-order chi connectivity index (χ1) is 16.9. The van der Waals surface area contributed by atoms with E-state index < -0.39 is 0 Å². The van der Waals surface area contributed by atoms with E-state index in [-0.39, 0.29) is 11.7 Å². The number of rotatable bonds is 9. The Morgan fingerprint density at radius 1 is 1.17 bits per heavy atom. The molecule has 35 heavy (non-hydrogen) atoms. The zero-order chi connectivity index (χ0) is 24.9. The smallest absolute Gasteiger partial charge is 0.266 e. The second-order valence-corrected chi connectivity index (χ2v) is 10.6. The van der Waals surface area contributed by atoms with E-state index >= 15 is 0 Å². The molecule has 1 atom stereocenters. The molecule has 1 aliphatic heterocycles. The first-order valence-electron chi connectivity index (χ1n) is 12.1. The predicted molar refractivity (Wildman–Crippen MR) is 147 cm³/mol. The molecule has 1 amide bonds. The van der Waals surface area contributed by atoms with E-state index in [2.05, 4.69) is 13.8 Å². The molecule has 7 heteroatoms. The normalized spacial score (nSPS) is 15.9. The highest BCUT2D eigenvalue weighted by molar-refractivity contribution is 8.26. The third-order valence-electron chi connectivity index (χ3n) is 6.35. The second-order valence-electron chi connectivity index (χ2n) is 8.89. The van der Waals surface area contributed by atoms with Crippen molar-refractivity contribution >= 4 is 40.3 Å². The monoisotopic (exact) mass is 507 g/mol. The molecule has 1 saturated heterocycles. The number of para-hydroxylation sites is 1. The minimum Gasteiger partial charge on any atom is -0.293 e. The van der Waals surface area contributed by atoms with E-state index in [1.807, 2.05) is 48.7 Å². The van der Waals surface area contributed by atoms with Crippen LogP contribution in [0.15, 0.2) is 59.6 Å². The Morgan fingerprint density at radius 3 is 2.63 bits per heavy atom. The molecule has 2 aromatic carbocycles. The number of amides is 1. The van der Waals surface area contributed by atoms with Gasteiger partial charge in [0.1, 0.15) is 15.8 Å². The maximum absolute atomic E-state index is 14.4. The molecule has 1 aromatic heterocycles. The number of carbonyl (C=O) groups excluding carboxylic acids is 1. The van der Waals surface area contributed by atoms with Crippen LogP contribution in [0, 0.1) is 18.7 Å². The number of hydrogen-bond donors (Lipinski definition) is 0. The van der Waals surface area contributed by atoms with Gasteiger partial charge in [0.05, 0.1) is 10.6 Å². The van der Waals surface area contributed by atoms with E-state index in [0.29, 0.717) is 38.5 Å². The molecule has 0 unspecified atom stereocenters. The Labute approximate surface area is 216 Å². The molecule has 0 bridgehead atoms. The van der Waals surface area contributed by atoms with Gasteiger partial charge in [0.25, 0.3) is 5.91 Å². The lowest BCUT2D eigenvalue weighted by Crippen LogP contribution is -2.33. The number of carbonyl (C=O) groups is 1. The number of benzene rings is 2. The minimum absolute atomic E-state index is 0.0663. The summed E-state index contributed by atoms with van der Waals surface area (Å²) in [5.74, 6) is 0.0823. The zero-order valence-corrected chi connectivity index (χ0v) is 22.0. The van der Waals surface area contributed by atoms with Crippen LogP contribution in [0.5, 0.6) is 0 Å². The van der Waals surface area contributed by atoms with Gasteiger partial charge in [-0.25, -0.2) is 9.07 Å². The maximum Gasteiger partial charge on any atom is 0.266 e. The number of halogens is 1. The molecule has 0 aliphatic carbocycles. The summed E-state index contributed by atoms with van der Waals surface area (Å²) in [6.45, 7) is 6.73. The van der Waals surface area contributed by atoms with E-state index in [9.17, 15) is 9.18 Å². The largest absolute Gasteiger partial charge is 0.293 e. The van der Waals surface area contributed by atoms with E-state index in [1.54, 1.807) is 22.6 Å². The van der Waals surface area contributed by atoms with Gasteiger partial charge in [-0.2, -0.15) is 5.10 Å². The fraction of sp³-hybridized carbons (Fsp3) is 0.321. The molecular formula is C28H30FN3OS2. The average Bonchev–Trinajstić information content (AvgIpc) is 3.40. The van der Waals surface area contributed by atoms with Gasteiger partial charge in [-0.1, -0.05) is 87.4 Å². The van der Waals surface area contributed by atoms with Crippen molar-refractivity contribution in [2.75, 3.05) is 6.54 Å². The van der Waals surface area contributed by atoms with Gasteiger partial charge in [0.2, 0.25) is 0 Å². The first-order valence-corrected chi connectivity index (χ1v) is 13.3. The third-order valence-corrected chi connectivity index (χ3v) is 7.73. The molecule has 0 saturated carbocycles. The van der Waals surface area contributed by atoms with Crippen LogP contribution in [0.1, 0.15) is 50.7 Å². The molecule has 182 valence electrons. The molecule has 1 fully saturated rings. The summed E-state index contributed by atoms with van der Waals surface area (Å²) in [5.41, 5.74) is 3.49. The SMILES string of the molecule is CCCC[C@@H](CC)CN1C(=O)/C(=C/c2cn(-c3ccccc3)nc2-c2ccc(C)c(F)c2)SC1=S. The molecule has 1 aliphatic rings. The molecule has 3 aromatic rings. The Morgan fingerprint density at radius 2 is 1.94 bits per heavy atom. The lowest BCUT2D eigenvalue weighted by atomic mass is 9.99. The molecular weight excluding hydrogens is 477 g/mol. The summed E-state index contributed by atoms with van der Waals surface area (Å²) in [5, 5.41) is 4.76. The van der Waals surface area contributed by atoms with E-state index in [1.165, 1.54) is 17.8 Å². The van der Waals surface area contributed by atoms with Crippen LogP contribution < -0.4 is 0 Å². The van der Waals surface area contributed by atoms with Gasteiger partial charge < -0.3 is 0 Å². The second kappa shape index (κ2) is 11.3. The van der Waals surface area contributed by atoms with Crippen LogP contribution in [-0.4, -0.2) is 31.5 Å². The summed E-state index contributed by atoms with van der Waals surface area (Å²) in [6.07, 6.45) is 8.12. The fourth-order valence-corrected chi connectivity index (χ4v) is 5.41. The molecule has 0 spiro atoms. The molecule has 0 radical (unpaired) electrons. The Hall–Kier alpha value is -2.77. The molecule has 4 nitrogen and oxygen atoms in total. The van der Waals surface area contributed by atoms with Crippen molar-refractivity contribution in [1.82, 2.24) is 14.7 Å². The summed E-state index contributed by atoms with van der Waals surface area (Å²) in [6, 6.07) is 14.8. The fourth-order valence-electron chi connectivity index (χ4n) is 4.14. The maximum atomic E-state index is 14.4. The van der Waals surface area contributed by atoms with Crippen molar-refractivity contribution in [1.29, 1.82) is 0 Å². The van der Waals surface area contributed by atoms with E-state index in [0.717, 1.165) is 36.9 Å². The van der Waals surface area contributed by atoms with Gasteiger partial charge >= 0.3 is 0 Å². The van der Waals surface area contributed by atoms with Gasteiger partial charge in [-0.3, -0.25) is 9.69 Å². The summed E-state index contributed by atoms with van der Waals surface area (Å²) >= 11 is 6.91. The summed E-state index contributed by atoms with van der Waals surface area (Å²) in [7, 11) is 0. The average molecular weight is 508 g/mol. The molecule has 0 N–H and O–H groups in total. The predicted octanol–water partition coefficient (Wildman–Crippen LogP) is 7.40. The van der Waals surface area contributed by atoms with Crippen LogP contribution in [0.2, 0.25) is 0 Å². The van der Waals surface area contributed by atoms with Gasteiger partial charge in [-0.15, -0.1) is 0 Å². The number of thioether (sulfide) groups is 1. The highest BCUT2D eigenvalue weighted by Crippen LogP contribution is 2.36. The van der Waals surface area contributed by atoms with Crippen LogP contribution in [0.4, 0.5) is 4.39 Å². The van der Waals surface area contributed by atoms with Crippen molar-refractivity contribution in [3.8, 4) is 16.9 Å². The van der Waals surface area contributed by atoms with Crippen molar-refractivity contribution < 1.29 is 9.18 Å². The number of nitrogens with zero attached hydrogens (tertiary/aromatic N) is 3. The number of aryl methyl sites for hydroxylation is 1. The van der Waals surface area contributed by atoms with Gasteiger partial charge in [0.15, 0.2) is 0 Å². The summed E-state index contributed by atoms with van der Waals surface area (Å²) in [4.78, 5) is 15.6. The summed E-state index contributed by atoms with van der Waals surface area (Å²) < 4.78 is 16.8. The Kier molecular flexibility index (Phi) is 8.19. The van der Waals surface area contributed by atoms with Crippen LogP contribution in [0.3, 0.4) is 0 Å². The number of thiocarbonyl (C=S) groups is 1. The lowest BCUT2D eigenvalue weighted by Gasteiger charge is -2.21. The quantitative estimate of drug-likeness (QED) is 0.223. The molecule has 2 heterocycles. The number of aromatic nitrogens is 2. The minimum atomic E-state index is -0.285. The number of hydrogen-bond acceptors (Lipinski definition) is 4. The van der Waals surface area contributed by atoms with Crippen molar-refractivity contribution in [2.24, 2.45) is 5.92 Å². The van der Waals surface area contributed by atoms with E-state index in [4.69, 9.17) is 17.3 Å². The Balaban J connectivity index is 1.70. The highest BCUT2D eigenvalue weighted by Gasteiger charge is 2.33. The third kappa shape index (κ3) is 5.73. The van der Waals surface area contributed by atoms with Gasteiger partial charge in [0, 0.05) is 23.9 Å². The van der Waals surface area contributed by atoms with Crippen molar-refractivity contribution in [3.05, 3.63) is 76.6 Å². The van der Waals surface area contributed by atoms with Crippen LogP contribution >= 0.6 is 24.0 Å². The molecule has 4 rings (SSSR count). The zero-order valence-electron chi connectivity index (χ0n) is 20.3. The van der Waals surface area contributed by atoms with Gasteiger partial charge in [-0.05, 0) is 49.1 Å². The standard InChI is InChI=1S/C28H30FN3OS2/c1-4-6-10-20(5-2)17-31-27(33)25(35-28(31)34)16-22-18-32(23-11-8-7-9-12-23)30-26(22)21-14-13-19(3)24(29)15-21/h7-9,11-16,18,20H,4-6,10,17H2,1-3H3/b25-16-/t20-/m1/s1. The Bertz CT molecular complexity index is 1250. The van der Waals surface area contributed by atoms with Crippen molar-refractivity contribution in [3.63, 3.8) is 0 Å². The first kappa shape index (κ1) is 25.3. The lowest BCUT2D eigenvalue weighted by molar-refractivity contribution is -0.122. The van der Waals surface area contributed by atoms with Crippen LogP contribution in [-0.2, 0) is 4.79 Å². The highest BCUT2D eigenvalue weighted by atomic mass is 32.2. The topological polar surface area (TPSA) is 38.1 Å². The number of unbranched alkanes of at least 4 members (excludes halogenated alkanes) is 1. The van der Waals surface area contributed by atoms with Crippen molar-refractivity contribution in [2.45, 2.75) is 46.5 Å². The van der Waals surface area contributed by atoms with Crippen LogP contribution in [0.25, 0.3) is 23.0 Å².